The van der Waals surface area contributed by atoms with E-state index in [-0.39, 0.29) is 25.2 Å². The number of rotatable bonds is 12. The highest BCUT2D eigenvalue weighted by atomic mass is 79.9. The Balaban J connectivity index is 1.34. The first-order valence-electron chi connectivity index (χ1n) is 11.4. The minimum Gasteiger partial charge on any atom is -0.497 e. The van der Waals surface area contributed by atoms with E-state index in [0.29, 0.717) is 34.4 Å². The smallest absolute Gasteiger partial charge is 0.306 e. The van der Waals surface area contributed by atoms with E-state index < -0.39 is 18.5 Å². The zero-order valence-electron chi connectivity index (χ0n) is 20.4. The molecule has 3 rings (SSSR count). The van der Waals surface area contributed by atoms with Gasteiger partial charge < -0.3 is 29.6 Å². The summed E-state index contributed by atoms with van der Waals surface area (Å²) in [6, 6.07) is 19.3. The van der Waals surface area contributed by atoms with Crippen LogP contribution in [0.5, 0.6) is 23.0 Å². The molecule has 9 nitrogen and oxygen atoms in total. The van der Waals surface area contributed by atoms with Gasteiger partial charge in [0.25, 0.3) is 5.91 Å². The number of carbonyl (C=O) groups is 3. The molecule has 10 heteroatoms. The highest BCUT2D eigenvalue weighted by Gasteiger charge is 2.12. The zero-order chi connectivity index (χ0) is 26.6. The number of hydrogen-bond donors (Lipinski definition) is 2. The van der Waals surface area contributed by atoms with Crippen LogP contribution < -0.4 is 24.8 Å². The summed E-state index contributed by atoms with van der Waals surface area (Å²) in [6.45, 7) is -0.450. The van der Waals surface area contributed by atoms with Crippen LogP contribution in [0, 0.1) is 0 Å². The van der Waals surface area contributed by atoms with E-state index in [9.17, 15) is 14.4 Å². The van der Waals surface area contributed by atoms with Gasteiger partial charge in [0, 0.05) is 29.1 Å². The largest absolute Gasteiger partial charge is 0.497 e. The Morgan fingerprint density at radius 1 is 0.757 bits per heavy atom. The van der Waals surface area contributed by atoms with Gasteiger partial charge in [-0.05, 0) is 67.1 Å². The molecule has 2 amide bonds. The predicted molar refractivity (Wildman–Crippen MR) is 142 cm³/mol. The normalized spacial score (nSPS) is 10.2. The van der Waals surface area contributed by atoms with Crippen molar-refractivity contribution in [2.75, 3.05) is 31.5 Å². The SMILES string of the molecule is COc1ccc(NC(=O)COC(=O)CCCC(=O)Nc2ccc(Oc3ccc(Br)cc3)cc2)c(OC)c1. The molecule has 0 saturated carbocycles. The number of esters is 1. The summed E-state index contributed by atoms with van der Waals surface area (Å²) < 4.78 is 22.0. The molecule has 0 saturated heterocycles. The monoisotopic (exact) mass is 570 g/mol. The van der Waals surface area contributed by atoms with Crippen molar-refractivity contribution < 1.29 is 33.3 Å². The van der Waals surface area contributed by atoms with E-state index in [1.807, 2.05) is 24.3 Å². The van der Waals surface area contributed by atoms with E-state index in [1.54, 1.807) is 42.5 Å². The second kappa shape index (κ2) is 13.9. The van der Waals surface area contributed by atoms with Crippen molar-refractivity contribution in [3.63, 3.8) is 0 Å². The number of ether oxygens (including phenoxy) is 4. The Kier molecular flexibility index (Phi) is 10.3. The second-order valence-electron chi connectivity index (χ2n) is 7.76. The van der Waals surface area contributed by atoms with Gasteiger partial charge in [0.1, 0.15) is 23.0 Å². The van der Waals surface area contributed by atoms with Crippen molar-refractivity contribution in [3.05, 3.63) is 71.2 Å². The summed E-state index contributed by atoms with van der Waals surface area (Å²) >= 11 is 3.38. The van der Waals surface area contributed by atoms with Crippen molar-refractivity contribution in [1.82, 2.24) is 0 Å². The molecule has 0 radical (unpaired) electrons. The van der Waals surface area contributed by atoms with Crippen LogP contribution in [0.25, 0.3) is 0 Å². The topological polar surface area (TPSA) is 112 Å². The van der Waals surface area contributed by atoms with Crippen molar-refractivity contribution in [3.8, 4) is 23.0 Å². The number of methoxy groups -OCH3 is 2. The maximum absolute atomic E-state index is 12.2. The molecule has 0 aliphatic heterocycles. The van der Waals surface area contributed by atoms with Crippen molar-refractivity contribution in [2.24, 2.45) is 0 Å². The van der Waals surface area contributed by atoms with Gasteiger partial charge in [-0.15, -0.1) is 0 Å². The molecule has 194 valence electrons. The van der Waals surface area contributed by atoms with Crippen LogP contribution in [0.2, 0.25) is 0 Å². The lowest BCUT2D eigenvalue weighted by atomic mass is 10.2. The average molecular weight is 571 g/mol. The molecule has 0 heterocycles. The highest BCUT2D eigenvalue weighted by Crippen LogP contribution is 2.29. The second-order valence-corrected chi connectivity index (χ2v) is 8.67. The molecule has 3 aromatic carbocycles. The van der Waals surface area contributed by atoms with Gasteiger partial charge in [0.05, 0.1) is 19.9 Å². The van der Waals surface area contributed by atoms with Crippen LogP contribution >= 0.6 is 15.9 Å². The molecule has 3 aromatic rings. The van der Waals surface area contributed by atoms with Crippen molar-refractivity contribution in [2.45, 2.75) is 19.3 Å². The van der Waals surface area contributed by atoms with Crippen molar-refractivity contribution >= 4 is 45.1 Å². The molecule has 0 aliphatic rings. The van der Waals surface area contributed by atoms with Gasteiger partial charge in [-0.1, -0.05) is 15.9 Å². The maximum Gasteiger partial charge on any atom is 0.306 e. The lowest BCUT2D eigenvalue weighted by molar-refractivity contribution is -0.147. The minimum absolute atomic E-state index is 0.00647. The Labute approximate surface area is 223 Å². The third-order valence-corrected chi connectivity index (χ3v) is 5.55. The molecule has 0 unspecified atom stereocenters. The molecule has 0 fully saturated rings. The fraction of sp³-hybridized carbons (Fsp3) is 0.222. The van der Waals surface area contributed by atoms with E-state index in [4.69, 9.17) is 18.9 Å². The molecule has 37 heavy (non-hydrogen) atoms. The number of hydrogen-bond acceptors (Lipinski definition) is 7. The van der Waals surface area contributed by atoms with Gasteiger partial charge in [-0.3, -0.25) is 14.4 Å². The standard InChI is InChI=1S/C27H27BrN2O7/c1-34-22-14-15-23(24(16-22)35-2)30-26(32)17-36-27(33)5-3-4-25(31)29-19-8-12-21(13-9-19)37-20-10-6-18(28)7-11-20/h6-16H,3-5,17H2,1-2H3,(H,29,31)(H,30,32). The molecule has 2 N–H and O–H groups in total. The van der Waals surface area contributed by atoms with E-state index in [0.717, 1.165) is 4.47 Å². The lowest BCUT2D eigenvalue weighted by Crippen LogP contribution is -2.21. The van der Waals surface area contributed by atoms with E-state index in [1.165, 1.54) is 14.2 Å². The summed E-state index contributed by atoms with van der Waals surface area (Å²) in [5.74, 6) is 1.01. The van der Waals surface area contributed by atoms with Crippen LogP contribution in [0.4, 0.5) is 11.4 Å². The fourth-order valence-corrected chi connectivity index (χ4v) is 3.43. The number of halogens is 1. The number of nitrogens with one attached hydrogen (secondary N) is 2. The molecule has 0 spiro atoms. The Morgan fingerprint density at radius 2 is 1.41 bits per heavy atom. The molecular formula is C27H27BrN2O7. The fourth-order valence-electron chi connectivity index (χ4n) is 3.17. The van der Waals surface area contributed by atoms with E-state index in [2.05, 4.69) is 26.6 Å². The first-order chi connectivity index (χ1) is 17.9. The minimum atomic E-state index is -0.570. The van der Waals surface area contributed by atoms with Crippen LogP contribution in [0.15, 0.2) is 71.2 Å². The predicted octanol–water partition coefficient (Wildman–Crippen LogP) is 5.55. The number of benzene rings is 3. The van der Waals surface area contributed by atoms with Gasteiger partial charge in [-0.25, -0.2) is 0 Å². The van der Waals surface area contributed by atoms with Gasteiger partial charge in [0.2, 0.25) is 5.91 Å². The summed E-state index contributed by atoms with van der Waals surface area (Å²) in [5, 5.41) is 5.39. The number of carbonyl (C=O) groups excluding carboxylic acids is 3. The third-order valence-electron chi connectivity index (χ3n) is 5.02. The molecule has 0 atom stereocenters. The zero-order valence-corrected chi connectivity index (χ0v) is 22.0. The first-order valence-corrected chi connectivity index (χ1v) is 12.2. The van der Waals surface area contributed by atoms with Gasteiger partial charge in [-0.2, -0.15) is 0 Å². The average Bonchev–Trinajstić information content (AvgIpc) is 2.90. The highest BCUT2D eigenvalue weighted by molar-refractivity contribution is 9.10. The number of anilines is 2. The van der Waals surface area contributed by atoms with Crippen LogP contribution in [-0.4, -0.2) is 38.6 Å². The van der Waals surface area contributed by atoms with Gasteiger partial charge >= 0.3 is 5.97 Å². The summed E-state index contributed by atoms with van der Waals surface area (Å²) in [4.78, 5) is 36.3. The van der Waals surface area contributed by atoms with Crippen LogP contribution in [0.1, 0.15) is 19.3 Å². The quantitative estimate of drug-likeness (QED) is 0.274. The molecule has 0 aromatic heterocycles. The van der Waals surface area contributed by atoms with Gasteiger partial charge in [0.15, 0.2) is 6.61 Å². The summed E-state index contributed by atoms with van der Waals surface area (Å²) in [7, 11) is 2.99. The van der Waals surface area contributed by atoms with Crippen molar-refractivity contribution in [1.29, 1.82) is 0 Å². The Morgan fingerprint density at radius 3 is 2.05 bits per heavy atom. The third kappa shape index (κ3) is 9.16. The first kappa shape index (κ1) is 27.5. The summed E-state index contributed by atoms with van der Waals surface area (Å²) in [6.07, 6.45) is 0.414. The Bertz CT molecular complexity index is 1210. The van der Waals surface area contributed by atoms with E-state index >= 15 is 0 Å². The Hall–Kier alpha value is -4.05. The maximum atomic E-state index is 12.2. The van der Waals surface area contributed by atoms with Crippen LogP contribution in [0.3, 0.4) is 0 Å². The molecule has 0 aliphatic carbocycles. The van der Waals surface area contributed by atoms with Crippen LogP contribution in [-0.2, 0) is 19.1 Å². The lowest BCUT2D eigenvalue weighted by Gasteiger charge is -2.12. The summed E-state index contributed by atoms with van der Waals surface area (Å²) in [5.41, 5.74) is 1.04. The molecular weight excluding hydrogens is 544 g/mol. The molecule has 0 bridgehead atoms. The number of amides is 2.